The summed E-state index contributed by atoms with van der Waals surface area (Å²) in [6, 6.07) is 6.76. The molecule has 1 aromatic heterocycles. The smallest absolute Gasteiger partial charge is 0.226 e. The monoisotopic (exact) mass is 338 g/mol. The summed E-state index contributed by atoms with van der Waals surface area (Å²) in [7, 11) is 0. The van der Waals surface area contributed by atoms with Crippen LogP contribution >= 0.6 is 0 Å². The summed E-state index contributed by atoms with van der Waals surface area (Å²) in [5.74, 6) is 0.326. The van der Waals surface area contributed by atoms with Gasteiger partial charge in [0.1, 0.15) is 0 Å². The zero-order valence-corrected chi connectivity index (χ0v) is 15.3. The number of fused-ring (bicyclic) bond motifs is 2. The Morgan fingerprint density at radius 1 is 1.16 bits per heavy atom. The van der Waals surface area contributed by atoms with Crippen LogP contribution in [0.5, 0.6) is 0 Å². The average molecular weight is 338 g/mol. The van der Waals surface area contributed by atoms with Crippen LogP contribution in [0.15, 0.2) is 18.2 Å². The van der Waals surface area contributed by atoms with E-state index in [0.717, 1.165) is 50.2 Å². The van der Waals surface area contributed by atoms with E-state index in [2.05, 4.69) is 54.4 Å². The minimum absolute atomic E-state index is 0.0491. The van der Waals surface area contributed by atoms with Gasteiger partial charge < -0.3 is 4.90 Å². The number of carbonyl (C=O) groups excluding carboxylic acids is 1. The largest absolute Gasteiger partial charge is 0.338 e. The van der Waals surface area contributed by atoms with Gasteiger partial charge in [0.25, 0.3) is 0 Å². The first kappa shape index (κ1) is 16.3. The molecule has 132 valence electrons. The molecule has 5 nitrogen and oxygen atoms in total. The molecule has 0 bridgehead atoms. The molecule has 5 heteroatoms. The molecule has 0 fully saturated rings. The van der Waals surface area contributed by atoms with Crippen LogP contribution in [0.3, 0.4) is 0 Å². The second-order valence-corrected chi connectivity index (χ2v) is 8.40. The molecule has 1 aliphatic carbocycles. The highest BCUT2D eigenvalue weighted by molar-refractivity contribution is 5.79. The molecule has 1 amide bonds. The molecule has 1 atom stereocenters. The number of nitrogens with zero attached hydrogens (tertiary/aromatic N) is 3. The Kier molecular flexibility index (Phi) is 3.89. The van der Waals surface area contributed by atoms with Crippen LogP contribution < -0.4 is 0 Å². The number of nitrogens with one attached hydrogen (secondary N) is 1. The van der Waals surface area contributed by atoms with Gasteiger partial charge in [-0.05, 0) is 41.4 Å². The van der Waals surface area contributed by atoms with E-state index in [-0.39, 0.29) is 17.2 Å². The molecule has 2 heterocycles. The van der Waals surface area contributed by atoms with Crippen LogP contribution in [0.1, 0.15) is 55.3 Å². The van der Waals surface area contributed by atoms with Gasteiger partial charge in [0, 0.05) is 25.4 Å². The van der Waals surface area contributed by atoms with Crippen molar-refractivity contribution in [2.75, 3.05) is 6.54 Å². The highest BCUT2D eigenvalue weighted by Crippen LogP contribution is 2.30. The minimum atomic E-state index is 0.0491. The minimum Gasteiger partial charge on any atom is -0.338 e. The number of aromatic nitrogens is 3. The summed E-state index contributed by atoms with van der Waals surface area (Å²) in [5.41, 5.74) is 6.24. The quantitative estimate of drug-likeness (QED) is 0.870. The fraction of sp³-hybridized carbons (Fsp3) is 0.550. The Morgan fingerprint density at radius 2 is 1.96 bits per heavy atom. The van der Waals surface area contributed by atoms with E-state index in [1.807, 2.05) is 4.90 Å². The molecule has 0 saturated heterocycles. The summed E-state index contributed by atoms with van der Waals surface area (Å²) < 4.78 is 0. The van der Waals surface area contributed by atoms with E-state index in [1.165, 1.54) is 16.7 Å². The van der Waals surface area contributed by atoms with Crippen molar-refractivity contribution in [3.8, 4) is 0 Å². The van der Waals surface area contributed by atoms with Crippen LogP contribution in [0.4, 0.5) is 0 Å². The van der Waals surface area contributed by atoms with Crippen molar-refractivity contribution in [3.63, 3.8) is 0 Å². The lowest BCUT2D eigenvalue weighted by Gasteiger charge is -2.33. The fourth-order valence-electron chi connectivity index (χ4n) is 3.96. The third-order valence-electron chi connectivity index (χ3n) is 5.62. The number of H-pyrrole nitrogens is 1. The van der Waals surface area contributed by atoms with Crippen molar-refractivity contribution in [2.45, 2.75) is 58.4 Å². The first-order valence-corrected chi connectivity index (χ1v) is 9.21. The second-order valence-electron chi connectivity index (χ2n) is 8.40. The Bertz CT molecular complexity index is 802. The summed E-state index contributed by atoms with van der Waals surface area (Å²) in [6.45, 7) is 8.29. The molecule has 4 rings (SSSR count). The number of aryl methyl sites for hydroxylation is 1. The van der Waals surface area contributed by atoms with Crippen LogP contribution in [0.2, 0.25) is 0 Å². The van der Waals surface area contributed by atoms with E-state index in [1.54, 1.807) is 0 Å². The molecular formula is C20H26N4O. The lowest BCUT2D eigenvalue weighted by molar-refractivity contribution is -0.136. The van der Waals surface area contributed by atoms with Gasteiger partial charge in [-0.3, -0.25) is 4.79 Å². The second kappa shape index (κ2) is 5.97. The molecule has 0 spiro atoms. The standard InChI is InChI=1S/C20H26N4O/c1-20(2,3)16-6-4-15-12-24(9-8-13(15)10-16)19(25)14-5-7-17-18(11-14)22-23-21-17/h4,6,10,14H,5,7-9,11-12H2,1-3H3,(H,21,22,23)/t14-/m1/s1. The molecule has 1 aliphatic heterocycles. The number of rotatable bonds is 1. The number of benzene rings is 1. The highest BCUT2D eigenvalue weighted by Gasteiger charge is 2.32. The summed E-state index contributed by atoms with van der Waals surface area (Å²) >= 11 is 0. The molecule has 1 N–H and O–H groups in total. The maximum absolute atomic E-state index is 13.0. The van der Waals surface area contributed by atoms with Crippen molar-refractivity contribution in [1.82, 2.24) is 20.3 Å². The van der Waals surface area contributed by atoms with Crippen molar-refractivity contribution in [2.24, 2.45) is 5.92 Å². The van der Waals surface area contributed by atoms with Crippen LogP contribution in [-0.4, -0.2) is 32.8 Å². The van der Waals surface area contributed by atoms with Gasteiger partial charge in [-0.2, -0.15) is 15.4 Å². The van der Waals surface area contributed by atoms with Gasteiger partial charge in [0.15, 0.2) is 0 Å². The average Bonchev–Trinajstić information content (AvgIpc) is 3.07. The molecule has 0 saturated carbocycles. The van der Waals surface area contributed by atoms with E-state index in [0.29, 0.717) is 0 Å². The predicted octanol–water partition coefficient (Wildman–Crippen LogP) is 2.79. The molecule has 1 aromatic carbocycles. The molecule has 0 radical (unpaired) electrons. The number of amides is 1. The lowest BCUT2D eigenvalue weighted by atomic mass is 9.83. The number of aromatic amines is 1. The third-order valence-corrected chi connectivity index (χ3v) is 5.62. The number of carbonyl (C=O) groups is 1. The number of hydrogen-bond acceptors (Lipinski definition) is 3. The highest BCUT2D eigenvalue weighted by atomic mass is 16.2. The molecule has 2 aromatic rings. The maximum atomic E-state index is 13.0. The van der Waals surface area contributed by atoms with Gasteiger partial charge in [0.05, 0.1) is 11.4 Å². The zero-order valence-electron chi connectivity index (χ0n) is 15.3. The van der Waals surface area contributed by atoms with Crippen molar-refractivity contribution < 1.29 is 4.79 Å². The number of hydrogen-bond donors (Lipinski definition) is 1. The molecular weight excluding hydrogens is 312 g/mol. The van der Waals surface area contributed by atoms with E-state index in [4.69, 9.17) is 0 Å². The molecule has 25 heavy (non-hydrogen) atoms. The third kappa shape index (κ3) is 3.08. The Balaban J connectivity index is 1.48. The Labute approximate surface area is 148 Å². The van der Waals surface area contributed by atoms with E-state index < -0.39 is 0 Å². The summed E-state index contributed by atoms with van der Waals surface area (Å²) in [5, 5.41) is 11.0. The topological polar surface area (TPSA) is 61.9 Å². The Morgan fingerprint density at radius 3 is 2.76 bits per heavy atom. The van der Waals surface area contributed by atoms with E-state index >= 15 is 0 Å². The van der Waals surface area contributed by atoms with Gasteiger partial charge in [-0.25, -0.2) is 0 Å². The van der Waals surface area contributed by atoms with Gasteiger partial charge >= 0.3 is 0 Å². The van der Waals surface area contributed by atoms with Crippen molar-refractivity contribution in [1.29, 1.82) is 0 Å². The lowest BCUT2D eigenvalue weighted by Crippen LogP contribution is -2.41. The first-order valence-electron chi connectivity index (χ1n) is 9.21. The summed E-state index contributed by atoms with van der Waals surface area (Å²) in [6.07, 6.45) is 3.40. The van der Waals surface area contributed by atoms with Gasteiger partial charge in [-0.15, -0.1) is 0 Å². The molecule has 2 aliphatic rings. The van der Waals surface area contributed by atoms with Gasteiger partial charge in [0.2, 0.25) is 5.91 Å². The normalized spacial score (nSPS) is 20.1. The predicted molar refractivity (Wildman–Crippen MR) is 96.2 cm³/mol. The van der Waals surface area contributed by atoms with Crippen molar-refractivity contribution in [3.05, 3.63) is 46.3 Å². The Hall–Kier alpha value is -2.17. The first-order chi connectivity index (χ1) is 11.9. The van der Waals surface area contributed by atoms with Gasteiger partial charge in [-0.1, -0.05) is 39.0 Å². The molecule has 0 unspecified atom stereocenters. The maximum Gasteiger partial charge on any atom is 0.226 e. The van der Waals surface area contributed by atoms with Crippen LogP contribution in [0.25, 0.3) is 0 Å². The summed E-state index contributed by atoms with van der Waals surface area (Å²) in [4.78, 5) is 15.0. The van der Waals surface area contributed by atoms with Crippen LogP contribution in [-0.2, 0) is 36.0 Å². The van der Waals surface area contributed by atoms with Crippen molar-refractivity contribution >= 4 is 5.91 Å². The SMILES string of the molecule is CC(C)(C)c1ccc2c(c1)CCN(C(=O)[C@@H]1CCc3n[nH]nc3C1)C2. The van der Waals surface area contributed by atoms with E-state index in [9.17, 15) is 4.79 Å². The van der Waals surface area contributed by atoms with Crippen LogP contribution in [0, 0.1) is 5.92 Å². The fourth-order valence-corrected chi connectivity index (χ4v) is 3.96. The zero-order chi connectivity index (χ0) is 17.6.